The third-order valence-electron chi connectivity index (χ3n) is 3.68. The maximum atomic E-state index is 12.1. The van der Waals surface area contributed by atoms with Gasteiger partial charge in [-0.15, -0.1) is 5.10 Å². The number of amides is 2. The summed E-state index contributed by atoms with van der Waals surface area (Å²) >= 11 is 1.19. The molecular weight excluding hydrogens is 364 g/mol. The van der Waals surface area contributed by atoms with Gasteiger partial charge < -0.3 is 15.4 Å². The lowest BCUT2D eigenvalue weighted by Crippen LogP contribution is -2.28. The van der Waals surface area contributed by atoms with E-state index in [-0.39, 0.29) is 18.2 Å². The fourth-order valence-corrected chi connectivity index (χ4v) is 3.25. The second-order valence-corrected chi connectivity index (χ2v) is 6.83. The van der Waals surface area contributed by atoms with E-state index in [2.05, 4.69) is 20.8 Å². The highest BCUT2D eigenvalue weighted by atomic mass is 32.2. The van der Waals surface area contributed by atoms with Crippen molar-refractivity contribution in [1.82, 2.24) is 5.32 Å². The molecule has 138 valence electrons. The van der Waals surface area contributed by atoms with Crippen LogP contribution in [0.15, 0.2) is 64.8 Å². The third kappa shape index (κ3) is 5.42. The minimum absolute atomic E-state index is 0.0621. The molecule has 0 spiro atoms. The summed E-state index contributed by atoms with van der Waals surface area (Å²) in [4.78, 5) is 24.1. The van der Waals surface area contributed by atoms with Crippen molar-refractivity contribution in [2.24, 2.45) is 10.2 Å². The number of hydrogen-bond acceptors (Lipinski definition) is 6. The lowest BCUT2D eigenvalue weighted by molar-refractivity contribution is -0.122. The molecule has 1 saturated heterocycles. The fraction of sp³-hybridized carbons (Fsp3) is 0.158. The van der Waals surface area contributed by atoms with E-state index in [4.69, 9.17) is 4.74 Å². The molecule has 0 aromatic heterocycles. The van der Waals surface area contributed by atoms with Crippen LogP contribution in [-0.4, -0.2) is 35.6 Å². The quantitative estimate of drug-likeness (QED) is 0.593. The van der Waals surface area contributed by atoms with Crippen LogP contribution in [0.2, 0.25) is 0 Å². The van der Waals surface area contributed by atoms with Crippen LogP contribution in [0.25, 0.3) is 0 Å². The van der Waals surface area contributed by atoms with Crippen molar-refractivity contribution in [3.05, 3.63) is 60.2 Å². The smallest absolute Gasteiger partial charge is 0.240 e. The van der Waals surface area contributed by atoms with Gasteiger partial charge in [0.05, 0.1) is 13.3 Å². The largest absolute Gasteiger partial charge is 0.497 e. The summed E-state index contributed by atoms with van der Waals surface area (Å²) < 4.78 is 5.09. The number of rotatable bonds is 6. The molecule has 1 heterocycles. The molecule has 8 heteroatoms. The number of amidine groups is 1. The Balaban J connectivity index is 1.53. The van der Waals surface area contributed by atoms with Crippen molar-refractivity contribution in [1.29, 1.82) is 0 Å². The first-order chi connectivity index (χ1) is 13.1. The maximum absolute atomic E-state index is 12.1. The second-order valence-electron chi connectivity index (χ2n) is 5.64. The molecule has 2 aromatic carbocycles. The van der Waals surface area contributed by atoms with Crippen LogP contribution in [0.5, 0.6) is 5.75 Å². The van der Waals surface area contributed by atoms with Crippen molar-refractivity contribution in [3.63, 3.8) is 0 Å². The Kier molecular flexibility index (Phi) is 6.22. The summed E-state index contributed by atoms with van der Waals surface area (Å²) in [6.07, 6.45) is 1.64. The first kappa shape index (κ1) is 18.7. The van der Waals surface area contributed by atoms with Crippen LogP contribution >= 0.6 is 11.8 Å². The first-order valence-corrected chi connectivity index (χ1v) is 9.09. The number of ether oxygens (including phenoxy) is 1. The number of benzene rings is 2. The number of hydrogen-bond donors (Lipinski definition) is 2. The van der Waals surface area contributed by atoms with E-state index in [1.165, 1.54) is 11.8 Å². The van der Waals surface area contributed by atoms with Gasteiger partial charge in [-0.1, -0.05) is 30.0 Å². The van der Waals surface area contributed by atoms with E-state index in [1.54, 1.807) is 25.5 Å². The first-order valence-electron chi connectivity index (χ1n) is 8.21. The Hall–Kier alpha value is -3.13. The van der Waals surface area contributed by atoms with Crippen molar-refractivity contribution in [2.45, 2.75) is 11.7 Å². The molecule has 3 rings (SSSR count). The van der Waals surface area contributed by atoms with Crippen LogP contribution in [0, 0.1) is 0 Å². The number of carbonyl (C=O) groups is 2. The highest BCUT2D eigenvalue weighted by Gasteiger charge is 2.32. The van der Waals surface area contributed by atoms with E-state index in [9.17, 15) is 9.59 Å². The third-order valence-corrected chi connectivity index (χ3v) is 4.75. The van der Waals surface area contributed by atoms with Crippen molar-refractivity contribution < 1.29 is 14.3 Å². The normalized spacial score (nSPS) is 17.9. The Bertz CT molecular complexity index is 866. The maximum Gasteiger partial charge on any atom is 0.240 e. The molecule has 0 bridgehead atoms. The summed E-state index contributed by atoms with van der Waals surface area (Å²) in [6, 6.07) is 16.5. The lowest BCUT2D eigenvalue weighted by Gasteiger charge is -2.06. The van der Waals surface area contributed by atoms with E-state index in [1.807, 2.05) is 42.5 Å². The minimum Gasteiger partial charge on any atom is -0.497 e. The van der Waals surface area contributed by atoms with Crippen LogP contribution in [0.3, 0.4) is 0 Å². The molecule has 2 N–H and O–H groups in total. The van der Waals surface area contributed by atoms with Gasteiger partial charge in [-0.3, -0.25) is 9.59 Å². The zero-order chi connectivity index (χ0) is 19.1. The van der Waals surface area contributed by atoms with E-state index in [0.717, 1.165) is 11.3 Å². The number of methoxy groups -OCH3 is 1. The molecule has 2 aromatic rings. The van der Waals surface area contributed by atoms with E-state index >= 15 is 0 Å². The molecule has 0 unspecified atom stereocenters. The molecule has 1 fully saturated rings. The zero-order valence-electron chi connectivity index (χ0n) is 14.6. The summed E-state index contributed by atoms with van der Waals surface area (Å²) in [7, 11) is 1.60. The number of nitrogens with one attached hydrogen (secondary N) is 2. The van der Waals surface area contributed by atoms with Gasteiger partial charge in [0.15, 0.2) is 5.17 Å². The lowest BCUT2D eigenvalue weighted by atomic mass is 10.2. The molecule has 0 aliphatic carbocycles. The van der Waals surface area contributed by atoms with Gasteiger partial charge in [0.25, 0.3) is 0 Å². The molecule has 1 aliphatic heterocycles. The summed E-state index contributed by atoms with van der Waals surface area (Å²) in [5.41, 5.74) is 1.55. The average Bonchev–Trinajstić information content (AvgIpc) is 3.02. The standard InChI is InChI=1S/C19H18N4O3S/c1-26-15-9-7-13(8-10-15)12-20-23-19-22-18(25)16(27-19)11-17(24)21-14-5-3-2-4-6-14/h2-10,12,16H,11H2,1H3,(H,21,24)(H,22,23,25)/b20-12-/t16-/m1/s1. The predicted octanol–water partition coefficient (Wildman–Crippen LogP) is 2.65. The zero-order valence-corrected chi connectivity index (χ0v) is 15.4. The van der Waals surface area contributed by atoms with Crippen molar-refractivity contribution in [3.8, 4) is 5.75 Å². The average molecular weight is 382 g/mol. The molecule has 1 atom stereocenters. The van der Waals surface area contributed by atoms with Gasteiger partial charge >= 0.3 is 0 Å². The van der Waals surface area contributed by atoms with Crippen molar-refractivity contribution >= 4 is 40.6 Å². The second kappa shape index (κ2) is 9.00. The molecule has 0 radical (unpaired) electrons. The highest BCUT2D eigenvalue weighted by Crippen LogP contribution is 2.23. The van der Waals surface area contributed by atoms with E-state index in [0.29, 0.717) is 10.9 Å². The summed E-state index contributed by atoms with van der Waals surface area (Å²) in [5, 5.41) is 13.2. The van der Waals surface area contributed by atoms with Crippen LogP contribution in [-0.2, 0) is 9.59 Å². The molecule has 1 aliphatic rings. The predicted molar refractivity (Wildman–Crippen MR) is 107 cm³/mol. The van der Waals surface area contributed by atoms with Crippen molar-refractivity contribution in [2.75, 3.05) is 12.4 Å². The Labute approximate surface area is 160 Å². The fourth-order valence-electron chi connectivity index (χ4n) is 2.33. The minimum atomic E-state index is -0.524. The number of thioether (sulfide) groups is 1. The van der Waals surface area contributed by atoms with Gasteiger partial charge in [0.2, 0.25) is 11.8 Å². The Morgan fingerprint density at radius 2 is 1.96 bits per heavy atom. The van der Waals surface area contributed by atoms with Crippen LogP contribution in [0.1, 0.15) is 12.0 Å². The molecular formula is C19H18N4O3S. The monoisotopic (exact) mass is 382 g/mol. The number of carbonyl (C=O) groups excluding carboxylic acids is 2. The SMILES string of the molecule is COc1ccc(/C=N\N=C2/NC(=O)[C@@H](CC(=O)Nc3ccccc3)S2)cc1. The van der Waals surface area contributed by atoms with Gasteiger partial charge in [-0.25, -0.2) is 0 Å². The Morgan fingerprint density at radius 1 is 1.22 bits per heavy atom. The number of para-hydroxylation sites is 1. The van der Waals surface area contributed by atoms with Gasteiger partial charge in [0.1, 0.15) is 11.0 Å². The highest BCUT2D eigenvalue weighted by molar-refractivity contribution is 8.15. The number of nitrogens with zero attached hydrogens (tertiary/aromatic N) is 2. The molecule has 2 amide bonds. The van der Waals surface area contributed by atoms with Gasteiger partial charge in [0, 0.05) is 12.1 Å². The number of anilines is 1. The van der Waals surface area contributed by atoms with Gasteiger partial charge in [-0.2, -0.15) is 5.10 Å². The van der Waals surface area contributed by atoms with Gasteiger partial charge in [-0.05, 0) is 42.0 Å². The molecule has 0 saturated carbocycles. The topological polar surface area (TPSA) is 92.2 Å². The molecule has 7 nitrogen and oxygen atoms in total. The summed E-state index contributed by atoms with van der Waals surface area (Å²) in [5.74, 6) is 0.284. The van der Waals surface area contributed by atoms with E-state index < -0.39 is 5.25 Å². The Morgan fingerprint density at radius 3 is 2.67 bits per heavy atom. The molecule has 27 heavy (non-hydrogen) atoms. The van der Waals surface area contributed by atoms with Crippen LogP contribution in [0.4, 0.5) is 5.69 Å². The van der Waals surface area contributed by atoms with Crippen LogP contribution < -0.4 is 15.4 Å². The summed E-state index contributed by atoms with van der Waals surface area (Å²) in [6.45, 7) is 0.